The van der Waals surface area contributed by atoms with E-state index < -0.39 is 0 Å². The van der Waals surface area contributed by atoms with Gasteiger partial charge in [0.05, 0.1) is 25.3 Å². The molecule has 0 radical (unpaired) electrons. The number of likely N-dealkylation sites (N-methyl/N-ethyl adjacent to an activating group) is 1. The molecular weight excluding hydrogens is 388 g/mol. The Balaban J connectivity index is 2.33. The zero-order valence-corrected chi connectivity index (χ0v) is 16.6. The molecule has 0 fully saturated rings. The first kappa shape index (κ1) is 21.1. The highest BCUT2D eigenvalue weighted by Gasteiger charge is 2.16. The lowest BCUT2D eigenvalue weighted by Gasteiger charge is -2.23. The Morgan fingerprint density at radius 2 is 1.64 bits per heavy atom. The minimum atomic E-state index is -0.326. The van der Waals surface area contributed by atoms with E-state index in [-0.39, 0.29) is 42.9 Å². The van der Waals surface area contributed by atoms with Crippen LogP contribution in [-0.2, 0) is 14.4 Å². The number of benzene rings is 1. The molecule has 0 aromatic heterocycles. The maximum absolute atomic E-state index is 11.9. The number of carbonyl (C=O) groups is 3. The van der Waals surface area contributed by atoms with Crippen LogP contribution in [0.2, 0.25) is 0 Å². The molecule has 3 amide bonds. The van der Waals surface area contributed by atoms with Gasteiger partial charge in [-0.1, -0.05) is 12.1 Å². The van der Waals surface area contributed by atoms with E-state index in [2.05, 4.69) is 31.9 Å². The van der Waals surface area contributed by atoms with Crippen LogP contribution in [0.4, 0.5) is 5.69 Å². The number of hydrogen-bond acceptors (Lipinski definition) is 4. The number of nitrogens with one attached hydrogen (secondary N) is 3. The topological polar surface area (TPSA) is 90.5 Å². The number of nitrogens with zero attached hydrogens (tertiary/aromatic N) is 1. The van der Waals surface area contributed by atoms with Gasteiger partial charge >= 0.3 is 0 Å². The molecule has 0 heterocycles. The maximum Gasteiger partial charge on any atom is 0.243 e. The van der Waals surface area contributed by atoms with Crippen LogP contribution >= 0.6 is 15.9 Å². The molecule has 1 rings (SSSR count). The average Bonchev–Trinajstić information content (AvgIpc) is 2.45. The summed E-state index contributed by atoms with van der Waals surface area (Å²) in [5.74, 6) is -0.809. The molecule has 25 heavy (non-hydrogen) atoms. The second-order valence-electron chi connectivity index (χ2n) is 6.78. The molecule has 0 spiro atoms. The van der Waals surface area contributed by atoms with E-state index in [4.69, 9.17) is 0 Å². The Hall–Kier alpha value is -1.93. The van der Waals surface area contributed by atoms with Gasteiger partial charge < -0.3 is 16.0 Å². The summed E-state index contributed by atoms with van der Waals surface area (Å²) >= 11 is 3.33. The third-order valence-electron chi connectivity index (χ3n) is 2.94. The summed E-state index contributed by atoms with van der Waals surface area (Å²) < 4.78 is 0.763. The fourth-order valence-electron chi connectivity index (χ4n) is 2.00. The van der Waals surface area contributed by atoms with Crippen molar-refractivity contribution in [2.45, 2.75) is 26.3 Å². The highest BCUT2D eigenvalue weighted by Crippen LogP contribution is 2.20. The van der Waals surface area contributed by atoms with Crippen LogP contribution in [0.15, 0.2) is 28.7 Å². The predicted octanol–water partition coefficient (Wildman–Crippen LogP) is 1.35. The quantitative estimate of drug-likeness (QED) is 0.630. The standard InChI is InChI=1S/C17H25BrN4O3/c1-17(2,3)21-16(25)11-22(4)10-15(24)19-9-14(23)20-13-8-6-5-7-12(13)18/h5-8H,9-11H2,1-4H3,(H,19,24)(H,20,23)(H,21,25). The second kappa shape index (κ2) is 9.53. The van der Waals surface area contributed by atoms with Gasteiger partial charge in [-0.2, -0.15) is 0 Å². The Bertz CT molecular complexity index is 629. The molecule has 7 nitrogen and oxygen atoms in total. The Morgan fingerprint density at radius 1 is 1.04 bits per heavy atom. The third kappa shape index (κ3) is 9.21. The van der Waals surface area contributed by atoms with E-state index in [0.717, 1.165) is 4.47 Å². The van der Waals surface area contributed by atoms with Crippen LogP contribution < -0.4 is 16.0 Å². The summed E-state index contributed by atoms with van der Waals surface area (Å²) in [6, 6.07) is 7.21. The van der Waals surface area contributed by atoms with Crippen LogP contribution in [0.25, 0.3) is 0 Å². The molecule has 8 heteroatoms. The second-order valence-corrected chi connectivity index (χ2v) is 7.63. The fourth-order valence-corrected chi connectivity index (χ4v) is 2.38. The van der Waals surface area contributed by atoms with Gasteiger partial charge in [0.2, 0.25) is 17.7 Å². The number of anilines is 1. The molecule has 0 aliphatic rings. The van der Waals surface area contributed by atoms with Gasteiger partial charge in [-0.05, 0) is 55.9 Å². The summed E-state index contributed by atoms with van der Waals surface area (Å²) in [6.07, 6.45) is 0. The van der Waals surface area contributed by atoms with Crippen molar-refractivity contribution in [3.05, 3.63) is 28.7 Å². The van der Waals surface area contributed by atoms with Crippen molar-refractivity contribution in [1.29, 1.82) is 0 Å². The third-order valence-corrected chi connectivity index (χ3v) is 3.63. The first-order valence-electron chi connectivity index (χ1n) is 7.87. The van der Waals surface area contributed by atoms with E-state index in [1.807, 2.05) is 32.9 Å². The van der Waals surface area contributed by atoms with Gasteiger partial charge in [-0.15, -0.1) is 0 Å². The lowest BCUT2D eigenvalue weighted by atomic mass is 10.1. The van der Waals surface area contributed by atoms with E-state index >= 15 is 0 Å². The zero-order chi connectivity index (χ0) is 19.0. The Morgan fingerprint density at radius 3 is 2.24 bits per heavy atom. The van der Waals surface area contributed by atoms with Gasteiger partial charge in [0.1, 0.15) is 0 Å². The van der Waals surface area contributed by atoms with Crippen LogP contribution in [0.1, 0.15) is 20.8 Å². The Labute approximate surface area is 156 Å². The van der Waals surface area contributed by atoms with Crippen molar-refractivity contribution in [2.24, 2.45) is 0 Å². The summed E-state index contributed by atoms with van der Waals surface area (Å²) in [7, 11) is 1.67. The zero-order valence-electron chi connectivity index (χ0n) is 15.0. The van der Waals surface area contributed by atoms with Crippen molar-refractivity contribution < 1.29 is 14.4 Å². The van der Waals surface area contributed by atoms with Gasteiger partial charge in [0.15, 0.2) is 0 Å². The van der Waals surface area contributed by atoms with Crippen LogP contribution in [-0.4, -0.2) is 54.8 Å². The van der Waals surface area contributed by atoms with E-state index in [0.29, 0.717) is 5.69 Å². The first-order chi connectivity index (χ1) is 11.6. The number of halogens is 1. The molecule has 138 valence electrons. The number of amides is 3. The molecule has 0 aliphatic carbocycles. The summed E-state index contributed by atoms with van der Waals surface area (Å²) in [4.78, 5) is 37.1. The van der Waals surface area contributed by atoms with Gasteiger partial charge in [0.25, 0.3) is 0 Å². The molecule has 0 bridgehead atoms. The molecule has 0 unspecified atom stereocenters. The minimum absolute atomic E-state index is 0.0277. The molecule has 0 aliphatic heterocycles. The molecule has 3 N–H and O–H groups in total. The molecule has 0 saturated carbocycles. The lowest BCUT2D eigenvalue weighted by Crippen LogP contribution is -2.47. The summed E-state index contributed by atoms with van der Waals surface area (Å²) in [5.41, 5.74) is 0.321. The van der Waals surface area contributed by atoms with E-state index in [9.17, 15) is 14.4 Å². The van der Waals surface area contributed by atoms with Crippen LogP contribution in [0.3, 0.4) is 0 Å². The summed E-state index contributed by atoms with van der Waals surface area (Å²) in [5, 5.41) is 8.06. The number of rotatable bonds is 7. The SMILES string of the molecule is CN(CC(=O)NCC(=O)Nc1ccccc1Br)CC(=O)NC(C)(C)C. The maximum atomic E-state index is 11.9. The van der Waals surface area contributed by atoms with Gasteiger partial charge in [-0.3, -0.25) is 19.3 Å². The highest BCUT2D eigenvalue weighted by molar-refractivity contribution is 9.10. The Kier molecular flexibility index (Phi) is 8.05. The monoisotopic (exact) mass is 412 g/mol. The molecular formula is C17H25BrN4O3. The molecule has 0 saturated heterocycles. The number of carbonyl (C=O) groups excluding carboxylic acids is 3. The lowest BCUT2D eigenvalue weighted by molar-refractivity contribution is -0.126. The van der Waals surface area contributed by atoms with E-state index in [1.54, 1.807) is 24.1 Å². The van der Waals surface area contributed by atoms with Crippen molar-refractivity contribution in [3.8, 4) is 0 Å². The summed E-state index contributed by atoms with van der Waals surface area (Å²) in [6.45, 7) is 5.67. The molecule has 1 aromatic carbocycles. The predicted molar refractivity (Wildman–Crippen MR) is 101 cm³/mol. The largest absolute Gasteiger partial charge is 0.350 e. The van der Waals surface area contributed by atoms with Crippen LogP contribution in [0, 0.1) is 0 Å². The highest BCUT2D eigenvalue weighted by atomic mass is 79.9. The number of hydrogen-bond donors (Lipinski definition) is 3. The minimum Gasteiger partial charge on any atom is -0.350 e. The smallest absolute Gasteiger partial charge is 0.243 e. The van der Waals surface area contributed by atoms with Gasteiger partial charge in [-0.25, -0.2) is 0 Å². The number of para-hydroxylation sites is 1. The fraction of sp³-hybridized carbons (Fsp3) is 0.471. The van der Waals surface area contributed by atoms with E-state index in [1.165, 1.54) is 0 Å². The normalized spacial score (nSPS) is 11.1. The average molecular weight is 413 g/mol. The van der Waals surface area contributed by atoms with Crippen molar-refractivity contribution in [1.82, 2.24) is 15.5 Å². The molecule has 0 atom stereocenters. The van der Waals surface area contributed by atoms with Crippen LogP contribution in [0.5, 0.6) is 0 Å². The van der Waals surface area contributed by atoms with Gasteiger partial charge in [0, 0.05) is 10.0 Å². The first-order valence-corrected chi connectivity index (χ1v) is 8.67. The molecule has 1 aromatic rings. The van der Waals surface area contributed by atoms with Crippen molar-refractivity contribution in [2.75, 3.05) is 32.0 Å². The van der Waals surface area contributed by atoms with Crippen molar-refractivity contribution in [3.63, 3.8) is 0 Å². The van der Waals surface area contributed by atoms with Crippen molar-refractivity contribution >= 4 is 39.3 Å².